The van der Waals surface area contributed by atoms with Gasteiger partial charge in [0.2, 0.25) is 0 Å². The Morgan fingerprint density at radius 1 is 1.35 bits per heavy atom. The summed E-state index contributed by atoms with van der Waals surface area (Å²) in [6.07, 6.45) is 0. The molecule has 0 aliphatic rings. The van der Waals surface area contributed by atoms with E-state index >= 15 is 0 Å². The zero-order valence-electron chi connectivity index (χ0n) is 9.17. The van der Waals surface area contributed by atoms with E-state index in [9.17, 15) is 0 Å². The molecule has 0 radical (unpaired) electrons. The molecule has 1 heterocycles. The smallest absolute Gasteiger partial charge is 0.138 e. The standard InChI is InChI=1S/C12H11Br2NOS/c1-16-12-8(4-9(13)5-11(12)14)6-15-10-2-3-17-7-10/h2-5,7,15H,6H2,1H3. The van der Waals surface area contributed by atoms with Gasteiger partial charge in [-0.2, -0.15) is 11.3 Å². The van der Waals surface area contributed by atoms with Gasteiger partial charge >= 0.3 is 0 Å². The van der Waals surface area contributed by atoms with E-state index in [1.54, 1.807) is 18.4 Å². The van der Waals surface area contributed by atoms with Crippen molar-refractivity contribution in [2.45, 2.75) is 6.54 Å². The van der Waals surface area contributed by atoms with E-state index in [2.05, 4.69) is 60.1 Å². The predicted molar refractivity (Wildman–Crippen MR) is 80.0 cm³/mol. The SMILES string of the molecule is COc1c(Br)cc(Br)cc1CNc1ccsc1. The molecule has 2 aromatic rings. The zero-order valence-corrected chi connectivity index (χ0v) is 13.2. The highest BCUT2D eigenvalue weighted by atomic mass is 79.9. The highest BCUT2D eigenvalue weighted by molar-refractivity contribution is 9.11. The Kier molecular flexibility index (Phi) is 4.48. The topological polar surface area (TPSA) is 21.3 Å². The first-order valence-corrected chi connectivity index (χ1v) is 7.51. The number of halogens is 2. The lowest BCUT2D eigenvalue weighted by atomic mass is 10.2. The van der Waals surface area contributed by atoms with Gasteiger partial charge in [0.25, 0.3) is 0 Å². The maximum absolute atomic E-state index is 5.40. The normalized spacial score (nSPS) is 10.3. The van der Waals surface area contributed by atoms with Crippen LogP contribution in [0, 0.1) is 0 Å². The van der Waals surface area contributed by atoms with E-state index in [4.69, 9.17) is 4.74 Å². The minimum absolute atomic E-state index is 0.734. The molecule has 0 saturated carbocycles. The van der Waals surface area contributed by atoms with E-state index in [1.807, 2.05) is 6.07 Å². The summed E-state index contributed by atoms with van der Waals surface area (Å²) in [5.74, 6) is 0.871. The molecule has 0 bridgehead atoms. The number of ether oxygens (including phenoxy) is 1. The molecule has 5 heteroatoms. The summed E-state index contributed by atoms with van der Waals surface area (Å²) < 4.78 is 7.39. The van der Waals surface area contributed by atoms with Crippen LogP contribution in [0.15, 0.2) is 37.9 Å². The van der Waals surface area contributed by atoms with E-state index in [-0.39, 0.29) is 0 Å². The van der Waals surface area contributed by atoms with Gasteiger partial charge in [-0.1, -0.05) is 15.9 Å². The number of nitrogens with one attached hydrogen (secondary N) is 1. The molecule has 0 spiro atoms. The molecular formula is C12H11Br2NOS. The molecule has 2 rings (SSSR count). The van der Waals surface area contributed by atoms with Crippen molar-refractivity contribution in [2.75, 3.05) is 12.4 Å². The summed E-state index contributed by atoms with van der Waals surface area (Å²) in [4.78, 5) is 0. The number of hydrogen-bond donors (Lipinski definition) is 1. The van der Waals surface area contributed by atoms with Crippen LogP contribution in [-0.4, -0.2) is 7.11 Å². The number of methoxy groups -OCH3 is 1. The highest BCUT2D eigenvalue weighted by Gasteiger charge is 2.09. The Labute approximate surface area is 121 Å². The predicted octanol–water partition coefficient (Wildman–Crippen LogP) is 4.89. The lowest BCUT2D eigenvalue weighted by Gasteiger charge is -2.12. The third kappa shape index (κ3) is 3.24. The number of rotatable bonds is 4. The van der Waals surface area contributed by atoms with Gasteiger partial charge < -0.3 is 10.1 Å². The molecule has 0 aliphatic carbocycles. The fraction of sp³-hybridized carbons (Fsp3) is 0.167. The van der Waals surface area contributed by atoms with E-state index in [0.29, 0.717) is 0 Å². The summed E-state index contributed by atoms with van der Waals surface area (Å²) in [7, 11) is 1.68. The monoisotopic (exact) mass is 375 g/mol. The Morgan fingerprint density at radius 2 is 2.18 bits per heavy atom. The van der Waals surface area contributed by atoms with Crippen LogP contribution in [0.2, 0.25) is 0 Å². The van der Waals surface area contributed by atoms with Crippen LogP contribution in [0.4, 0.5) is 5.69 Å². The molecule has 0 unspecified atom stereocenters. The summed E-state index contributed by atoms with van der Waals surface area (Å²) >= 11 is 8.66. The van der Waals surface area contributed by atoms with Crippen molar-refractivity contribution in [3.05, 3.63) is 43.5 Å². The zero-order chi connectivity index (χ0) is 12.3. The fourth-order valence-corrected chi connectivity index (χ4v) is 3.62. The van der Waals surface area contributed by atoms with Crippen molar-refractivity contribution in [3.63, 3.8) is 0 Å². The quantitative estimate of drug-likeness (QED) is 0.819. The summed E-state index contributed by atoms with van der Waals surface area (Å²) in [5, 5.41) is 7.49. The third-order valence-electron chi connectivity index (χ3n) is 2.29. The molecule has 1 aromatic heterocycles. The number of hydrogen-bond acceptors (Lipinski definition) is 3. The molecule has 0 fully saturated rings. The Hall–Kier alpha value is -0.520. The fourth-order valence-electron chi connectivity index (χ4n) is 1.54. The van der Waals surface area contributed by atoms with Gasteiger partial charge in [0, 0.05) is 27.6 Å². The second kappa shape index (κ2) is 5.89. The average molecular weight is 377 g/mol. The second-order valence-electron chi connectivity index (χ2n) is 3.45. The summed E-state index contributed by atoms with van der Waals surface area (Å²) in [6.45, 7) is 0.734. The average Bonchev–Trinajstić information content (AvgIpc) is 2.78. The molecule has 90 valence electrons. The first kappa shape index (κ1) is 12.9. The van der Waals surface area contributed by atoms with Gasteiger partial charge in [-0.15, -0.1) is 0 Å². The molecule has 1 aromatic carbocycles. The summed E-state index contributed by atoms with van der Waals surface area (Å²) in [5.41, 5.74) is 2.24. The van der Waals surface area contributed by atoms with Crippen molar-refractivity contribution >= 4 is 48.9 Å². The van der Waals surface area contributed by atoms with Crippen LogP contribution < -0.4 is 10.1 Å². The van der Waals surface area contributed by atoms with Crippen LogP contribution >= 0.6 is 43.2 Å². The molecule has 2 nitrogen and oxygen atoms in total. The lowest BCUT2D eigenvalue weighted by molar-refractivity contribution is 0.407. The third-order valence-corrected chi connectivity index (χ3v) is 4.02. The lowest BCUT2D eigenvalue weighted by Crippen LogP contribution is -2.01. The van der Waals surface area contributed by atoms with Crippen molar-refractivity contribution in [1.82, 2.24) is 0 Å². The minimum atomic E-state index is 0.734. The van der Waals surface area contributed by atoms with E-state index < -0.39 is 0 Å². The molecule has 0 amide bonds. The molecule has 0 atom stereocenters. The van der Waals surface area contributed by atoms with Crippen LogP contribution in [0.5, 0.6) is 5.75 Å². The van der Waals surface area contributed by atoms with E-state index in [0.717, 1.165) is 32.5 Å². The molecule has 0 aliphatic heterocycles. The van der Waals surface area contributed by atoms with Crippen molar-refractivity contribution in [3.8, 4) is 5.75 Å². The van der Waals surface area contributed by atoms with Crippen molar-refractivity contribution in [2.24, 2.45) is 0 Å². The molecule has 0 saturated heterocycles. The van der Waals surface area contributed by atoms with Gasteiger partial charge in [-0.3, -0.25) is 0 Å². The number of thiophene rings is 1. The first-order chi connectivity index (χ1) is 8.20. The molecule has 1 N–H and O–H groups in total. The van der Waals surface area contributed by atoms with Crippen LogP contribution in [-0.2, 0) is 6.54 Å². The summed E-state index contributed by atoms with van der Waals surface area (Å²) in [6, 6.07) is 6.10. The Balaban J connectivity index is 2.19. The Bertz CT molecular complexity index is 499. The van der Waals surface area contributed by atoms with Crippen LogP contribution in [0.3, 0.4) is 0 Å². The van der Waals surface area contributed by atoms with E-state index in [1.165, 1.54) is 0 Å². The molecule has 17 heavy (non-hydrogen) atoms. The largest absolute Gasteiger partial charge is 0.495 e. The first-order valence-electron chi connectivity index (χ1n) is 4.98. The van der Waals surface area contributed by atoms with Gasteiger partial charge in [0.1, 0.15) is 5.75 Å². The van der Waals surface area contributed by atoms with Gasteiger partial charge in [0.15, 0.2) is 0 Å². The van der Waals surface area contributed by atoms with Gasteiger partial charge in [-0.05, 0) is 39.5 Å². The number of anilines is 1. The minimum Gasteiger partial charge on any atom is -0.495 e. The van der Waals surface area contributed by atoms with Crippen LogP contribution in [0.25, 0.3) is 0 Å². The van der Waals surface area contributed by atoms with Gasteiger partial charge in [-0.25, -0.2) is 0 Å². The molecular weight excluding hydrogens is 366 g/mol. The maximum atomic E-state index is 5.40. The maximum Gasteiger partial charge on any atom is 0.138 e. The van der Waals surface area contributed by atoms with Crippen molar-refractivity contribution < 1.29 is 4.74 Å². The van der Waals surface area contributed by atoms with Crippen molar-refractivity contribution in [1.29, 1.82) is 0 Å². The second-order valence-corrected chi connectivity index (χ2v) is 6.00. The highest BCUT2D eigenvalue weighted by Crippen LogP contribution is 2.33. The van der Waals surface area contributed by atoms with Gasteiger partial charge in [0.05, 0.1) is 11.6 Å². The number of benzene rings is 1. The Morgan fingerprint density at radius 3 is 2.82 bits per heavy atom. The van der Waals surface area contributed by atoms with Crippen LogP contribution in [0.1, 0.15) is 5.56 Å².